The van der Waals surface area contributed by atoms with Crippen molar-refractivity contribution >= 4 is 34.2 Å². The highest BCUT2D eigenvalue weighted by Crippen LogP contribution is 2.23. The number of hydrogen-bond donors (Lipinski definition) is 2. The second kappa shape index (κ2) is 6.88. The fourth-order valence-electron chi connectivity index (χ4n) is 1.84. The first kappa shape index (κ1) is 17.7. The Morgan fingerprint density at radius 2 is 2.12 bits per heavy atom. The van der Waals surface area contributed by atoms with E-state index >= 15 is 0 Å². The molecule has 126 valence electrons. The number of carbonyl (C=O) groups excluding carboxylic acids is 1. The number of pyridine rings is 1. The molecule has 0 aliphatic carbocycles. The maximum absolute atomic E-state index is 12.5. The van der Waals surface area contributed by atoms with E-state index in [1.165, 1.54) is 13.1 Å². The number of benzene rings is 1. The van der Waals surface area contributed by atoms with Crippen LogP contribution in [0.4, 0.5) is 13.2 Å². The highest BCUT2D eigenvalue weighted by molar-refractivity contribution is 6.35. The Morgan fingerprint density at radius 3 is 2.75 bits per heavy atom. The van der Waals surface area contributed by atoms with Gasteiger partial charge in [-0.3, -0.25) is 14.8 Å². The lowest BCUT2D eigenvalue weighted by molar-refractivity contribution is -0.0925. The number of nitrogens with one attached hydrogen (secondary N) is 1. The minimum absolute atomic E-state index is 0.0583. The number of carbonyl (C=O) groups is 1. The standard InChI is InChI=1S/C15H12ClF3N4O/c1-21-13(7-12(20)15(17,18)19)23-14(24)9-6-11-8(5-10(9)16)3-2-4-22-11/h2-7H,20H2,1H3,(H,21,23,24). The Kier molecular flexibility index (Phi) is 5.08. The van der Waals surface area contributed by atoms with Crippen molar-refractivity contribution in [2.45, 2.75) is 6.18 Å². The van der Waals surface area contributed by atoms with Crippen LogP contribution in [0.25, 0.3) is 10.9 Å². The Morgan fingerprint density at radius 1 is 1.42 bits per heavy atom. The molecule has 2 rings (SSSR count). The summed E-state index contributed by atoms with van der Waals surface area (Å²) in [4.78, 5) is 19.9. The first-order chi connectivity index (χ1) is 11.2. The van der Waals surface area contributed by atoms with Crippen LogP contribution in [0.1, 0.15) is 10.4 Å². The van der Waals surface area contributed by atoms with Crippen LogP contribution < -0.4 is 11.1 Å². The summed E-state index contributed by atoms with van der Waals surface area (Å²) in [6, 6.07) is 6.46. The molecule has 0 unspecified atom stereocenters. The zero-order valence-corrected chi connectivity index (χ0v) is 13.1. The summed E-state index contributed by atoms with van der Waals surface area (Å²) in [6.07, 6.45) is -2.64. The molecule has 0 bridgehead atoms. The molecule has 0 radical (unpaired) electrons. The third-order valence-electron chi connectivity index (χ3n) is 3.04. The van der Waals surface area contributed by atoms with Gasteiger partial charge in [0.2, 0.25) is 0 Å². The molecule has 24 heavy (non-hydrogen) atoms. The summed E-state index contributed by atoms with van der Waals surface area (Å²) in [7, 11) is 1.22. The summed E-state index contributed by atoms with van der Waals surface area (Å²) in [5.41, 5.74) is 4.11. The van der Waals surface area contributed by atoms with Crippen molar-refractivity contribution in [2.75, 3.05) is 7.05 Å². The van der Waals surface area contributed by atoms with Gasteiger partial charge in [-0.05, 0) is 18.2 Å². The largest absolute Gasteiger partial charge is 0.430 e. The molecule has 2 aromatic rings. The van der Waals surface area contributed by atoms with Crippen LogP contribution in [0, 0.1) is 0 Å². The summed E-state index contributed by atoms with van der Waals surface area (Å²) in [5, 5.41) is 3.10. The van der Waals surface area contributed by atoms with E-state index in [4.69, 9.17) is 17.3 Å². The number of nitrogens with zero attached hydrogens (tertiary/aromatic N) is 2. The van der Waals surface area contributed by atoms with Crippen LogP contribution >= 0.6 is 11.6 Å². The van der Waals surface area contributed by atoms with E-state index in [1.54, 1.807) is 24.4 Å². The number of aromatic nitrogens is 1. The topological polar surface area (TPSA) is 80.4 Å². The van der Waals surface area contributed by atoms with E-state index in [-0.39, 0.29) is 16.4 Å². The number of halogens is 4. The number of amidine groups is 1. The maximum Gasteiger partial charge on any atom is 0.430 e. The van der Waals surface area contributed by atoms with Gasteiger partial charge in [0, 0.05) is 24.7 Å². The van der Waals surface area contributed by atoms with Crippen LogP contribution in [0.5, 0.6) is 0 Å². The fourth-order valence-corrected chi connectivity index (χ4v) is 2.09. The van der Waals surface area contributed by atoms with Crippen LogP contribution in [0.3, 0.4) is 0 Å². The highest BCUT2D eigenvalue weighted by atomic mass is 35.5. The van der Waals surface area contributed by atoms with Crippen molar-refractivity contribution in [3.63, 3.8) is 0 Å². The molecule has 1 amide bonds. The molecule has 0 saturated heterocycles. The van der Waals surface area contributed by atoms with Crippen LogP contribution in [-0.2, 0) is 0 Å². The van der Waals surface area contributed by atoms with Crippen LogP contribution in [0.2, 0.25) is 5.02 Å². The van der Waals surface area contributed by atoms with E-state index in [0.717, 1.165) is 5.39 Å². The van der Waals surface area contributed by atoms with E-state index < -0.39 is 17.8 Å². The van der Waals surface area contributed by atoms with E-state index in [2.05, 4.69) is 15.3 Å². The number of aliphatic imine (C=N–C) groups is 1. The molecule has 0 aliphatic rings. The first-order valence-corrected chi connectivity index (χ1v) is 6.97. The van der Waals surface area contributed by atoms with Crippen LogP contribution in [-0.4, -0.2) is 30.0 Å². The normalized spacial score (nSPS) is 13.2. The van der Waals surface area contributed by atoms with E-state index in [1.807, 2.05) is 0 Å². The molecule has 3 N–H and O–H groups in total. The highest BCUT2D eigenvalue weighted by Gasteiger charge is 2.31. The molecule has 1 aromatic carbocycles. The van der Waals surface area contributed by atoms with Gasteiger partial charge in [-0.25, -0.2) is 0 Å². The molecule has 0 spiro atoms. The summed E-state index contributed by atoms with van der Waals surface area (Å²) in [5.74, 6) is -1.06. The fraction of sp³-hybridized carbons (Fsp3) is 0.133. The number of rotatable bonds is 2. The average molecular weight is 357 g/mol. The molecule has 0 aliphatic heterocycles. The van der Waals surface area contributed by atoms with Crippen LogP contribution in [0.15, 0.2) is 47.2 Å². The number of hydrogen-bond acceptors (Lipinski definition) is 4. The van der Waals surface area contributed by atoms with E-state index in [0.29, 0.717) is 11.6 Å². The predicted molar refractivity (Wildman–Crippen MR) is 85.9 cm³/mol. The smallest absolute Gasteiger partial charge is 0.395 e. The summed E-state index contributed by atoms with van der Waals surface area (Å²) in [6.45, 7) is 0. The Bertz CT molecular complexity index is 846. The monoisotopic (exact) mass is 356 g/mol. The molecule has 0 fully saturated rings. The van der Waals surface area contributed by atoms with Gasteiger partial charge in [0.1, 0.15) is 11.5 Å². The zero-order valence-electron chi connectivity index (χ0n) is 12.4. The number of nitrogens with two attached hydrogens (primary N) is 1. The van der Waals surface area contributed by atoms with E-state index in [9.17, 15) is 18.0 Å². The molecule has 0 saturated carbocycles. The third kappa shape index (κ3) is 4.02. The average Bonchev–Trinajstić information content (AvgIpc) is 2.52. The molecular formula is C15H12ClF3N4O. The number of amides is 1. The second-order valence-corrected chi connectivity index (χ2v) is 5.10. The molecule has 1 aromatic heterocycles. The minimum atomic E-state index is -4.72. The van der Waals surface area contributed by atoms with Crippen molar-refractivity contribution in [2.24, 2.45) is 10.7 Å². The van der Waals surface area contributed by atoms with Gasteiger partial charge in [0.05, 0.1) is 16.1 Å². The molecule has 9 heteroatoms. The van der Waals surface area contributed by atoms with Gasteiger partial charge in [-0.1, -0.05) is 17.7 Å². The maximum atomic E-state index is 12.5. The van der Waals surface area contributed by atoms with Crippen molar-refractivity contribution in [1.82, 2.24) is 10.3 Å². The van der Waals surface area contributed by atoms with Gasteiger partial charge in [-0.15, -0.1) is 0 Å². The Hall–Kier alpha value is -2.61. The SMILES string of the molecule is CN=C(C=C(N)C(F)(F)F)NC(=O)c1cc2ncccc2cc1Cl. The lowest BCUT2D eigenvalue weighted by Gasteiger charge is -2.10. The predicted octanol–water partition coefficient (Wildman–Crippen LogP) is 3.05. The summed E-state index contributed by atoms with van der Waals surface area (Å²) < 4.78 is 37.4. The lowest BCUT2D eigenvalue weighted by Crippen LogP contribution is -2.31. The quantitative estimate of drug-likeness (QED) is 0.641. The van der Waals surface area contributed by atoms with Crippen molar-refractivity contribution in [3.8, 4) is 0 Å². The van der Waals surface area contributed by atoms with Gasteiger partial charge in [0.25, 0.3) is 5.91 Å². The van der Waals surface area contributed by atoms with Crippen molar-refractivity contribution in [1.29, 1.82) is 0 Å². The second-order valence-electron chi connectivity index (χ2n) is 4.69. The first-order valence-electron chi connectivity index (χ1n) is 6.59. The number of allylic oxidation sites excluding steroid dienone is 1. The Balaban J connectivity index is 2.30. The lowest BCUT2D eigenvalue weighted by atomic mass is 10.1. The third-order valence-corrected chi connectivity index (χ3v) is 3.35. The molecule has 5 nitrogen and oxygen atoms in total. The van der Waals surface area contributed by atoms with Crippen molar-refractivity contribution < 1.29 is 18.0 Å². The molecule has 0 atom stereocenters. The summed E-state index contributed by atoms with van der Waals surface area (Å²) >= 11 is 6.05. The zero-order chi connectivity index (χ0) is 17.9. The molecular weight excluding hydrogens is 345 g/mol. The number of alkyl halides is 3. The molecule has 1 heterocycles. The van der Waals surface area contributed by atoms with Gasteiger partial charge < -0.3 is 11.1 Å². The van der Waals surface area contributed by atoms with Crippen molar-refractivity contribution in [3.05, 3.63) is 52.8 Å². The number of fused-ring (bicyclic) bond motifs is 1. The Labute approximate surface area is 140 Å². The van der Waals surface area contributed by atoms with Gasteiger partial charge in [0.15, 0.2) is 0 Å². The van der Waals surface area contributed by atoms with Gasteiger partial charge in [-0.2, -0.15) is 13.2 Å². The van der Waals surface area contributed by atoms with Gasteiger partial charge >= 0.3 is 6.18 Å². The minimum Gasteiger partial charge on any atom is -0.395 e.